The number of halogens is 1. The van der Waals surface area contributed by atoms with Crippen molar-refractivity contribution >= 4 is 5.96 Å². The molecule has 1 unspecified atom stereocenters. The van der Waals surface area contributed by atoms with Gasteiger partial charge in [-0.3, -0.25) is 5.43 Å². The van der Waals surface area contributed by atoms with Crippen molar-refractivity contribution < 1.29 is 4.39 Å². The van der Waals surface area contributed by atoms with E-state index in [1.54, 1.807) is 12.1 Å². The summed E-state index contributed by atoms with van der Waals surface area (Å²) >= 11 is 0. The quantitative estimate of drug-likeness (QED) is 0.387. The Morgan fingerprint density at radius 3 is 2.65 bits per heavy atom. The lowest BCUT2D eigenvalue weighted by atomic mass is 10.1. The van der Waals surface area contributed by atoms with Crippen LogP contribution in [-0.2, 0) is 0 Å². The highest BCUT2D eigenvalue weighted by molar-refractivity contribution is 5.79. The van der Waals surface area contributed by atoms with Crippen LogP contribution in [0.25, 0.3) is 0 Å². The molecule has 1 aromatic rings. The third-order valence-corrected chi connectivity index (χ3v) is 4.03. The van der Waals surface area contributed by atoms with Crippen molar-refractivity contribution in [3.05, 3.63) is 35.6 Å². The van der Waals surface area contributed by atoms with Crippen LogP contribution in [0.2, 0.25) is 0 Å². The number of benzene rings is 1. The predicted octanol–water partition coefficient (Wildman–Crippen LogP) is 2.58. The molecule has 0 amide bonds. The second-order valence-electron chi connectivity index (χ2n) is 5.34. The van der Waals surface area contributed by atoms with E-state index in [-0.39, 0.29) is 11.9 Å². The van der Waals surface area contributed by atoms with E-state index < -0.39 is 0 Å². The van der Waals surface area contributed by atoms with Crippen molar-refractivity contribution in [2.24, 2.45) is 10.8 Å². The Labute approximate surface area is 119 Å². The minimum Gasteiger partial charge on any atom is -0.338 e. The van der Waals surface area contributed by atoms with Crippen LogP contribution in [0.1, 0.15) is 44.2 Å². The Kier molecular flexibility index (Phi) is 4.95. The molecule has 1 saturated carbocycles. The average Bonchev–Trinajstić information content (AvgIpc) is 2.97. The van der Waals surface area contributed by atoms with Crippen molar-refractivity contribution in [3.63, 3.8) is 0 Å². The third-order valence-electron chi connectivity index (χ3n) is 4.03. The van der Waals surface area contributed by atoms with Gasteiger partial charge in [-0.15, -0.1) is 0 Å². The monoisotopic (exact) mass is 278 g/mol. The Balaban J connectivity index is 2.15. The zero-order valence-corrected chi connectivity index (χ0v) is 12.1. The fourth-order valence-corrected chi connectivity index (χ4v) is 2.64. The van der Waals surface area contributed by atoms with Crippen LogP contribution in [0.4, 0.5) is 4.39 Å². The number of nitrogens with zero attached hydrogens (tertiary/aromatic N) is 2. The summed E-state index contributed by atoms with van der Waals surface area (Å²) in [5.41, 5.74) is 3.30. The molecular formula is C15H23FN4. The highest BCUT2D eigenvalue weighted by atomic mass is 19.1. The zero-order valence-electron chi connectivity index (χ0n) is 12.1. The molecule has 1 aromatic carbocycles. The summed E-state index contributed by atoms with van der Waals surface area (Å²) in [7, 11) is 1.88. The van der Waals surface area contributed by atoms with Gasteiger partial charge in [0, 0.05) is 12.6 Å². The minimum absolute atomic E-state index is 0.132. The Morgan fingerprint density at radius 1 is 1.40 bits per heavy atom. The number of hydrazine groups is 1. The highest BCUT2D eigenvalue weighted by Crippen LogP contribution is 2.24. The Hall–Kier alpha value is -1.62. The highest BCUT2D eigenvalue weighted by Gasteiger charge is 2.20. The van der Waals surface area contributed by atoms with Crippen LogP contribution in [0, 0.1) is 5.82 Å². The molecule has 1 aliphatic rings. The molecule has 1 aliphatic carbocycles. The molecule has 20 heavy (non-hydrogen) atoms. The van der Waals surface area contributed by atoms with E-state index in [0.29, 0.717) is 17.6 Å². The van der Waals surface area contributed by atoms with Gasteiger partial charge in [0.2, 0.25) is 5.96 Å². The van der Waals surface area contributed by atoms with Gasteiger partial charge in [0.15, 0.2) is 0 Å². The smallest absolute Gasteiger partial charge is 0.208 e. The van der Waals surface area contributed by atoms with Crippen molar-refractivity contribution in [2.45, 2.75) is 44.7 Å². The van der Waals surface area contributed by atoms with Crippen molar-refractivity contribution in [1.82, 2.24) is 10.3 Å². The molecule has 110 valence electrons. The molecule has 0 aliphatic heterocycles. The summed E-state index contributed by atoms with van der Waals surface area (Å²) in [5, 5.41) is 0. The summed E-state index contributed by atoms with van der Waals surface area (Å²) in [4.78, 5) is 6.54. The Bertz CT molecular complexity index is 469. The summed E-state index contributed by atoms with van der Waals surface area (Å²) in [6.45, 7) is 1.94. The summed E-state index contributed by atoms with van der Waals surface area (Å²) in [6, 6.07) is 7.00. The van der Waals surface area contributed by atoms with E-state index in [9.17, 15) is 4.39 Å². The van der Waals surface area contributed by atoms with Gasteiger partial charge in [-0.05, 0) is 25.8 Å². The van der Waals surface area contributed by atoms with E-state index in [0.717, 1.165) is 12.8 Å². The topological polar surface area (TPSA) is 53.6 Å². The lowest BCUT2D eigenvalue weighted by Gasteiger charge is -2.28. The molecule has 0 aromatic heterocycles. The molecule has 4 nitrogen and oxygen atoms in total. The minimum atomic E-state index is -0.205. The second-order valence-corrected chi connectivity index (χ2v) is 5.34. The van der Waals surface area contributed by atoms with Crippen LogP contribution in [0.15, 0.2) is 29.3 Å². The first kappa shape index (κ1) is 14.8. The fraction of sp³-hybridized carbons (Fsp3) is 0.533. The molecule has 0 bridgehead atoms. The third kappa shape index (κ3) is 3.28. The van der Waals surface area contributed by atoms with Crippen LogP contribution in [0.5, 0.6) is 0 Å². The van der Waals surface area contributed by atoms with Crippen molar-refractivity contribution in [1.29, 1.82) is 0 Å². The van der Waals surface area contributed by atoms with E-state index in [1.165, 1.54) is 18.9 Å². The van der Waals surface area contributed by atoms with Crippen LogP contribution in [0.3, 0.4) is 0 Å². The van der Waals surface area contributed by atoms with Gasteiger partial charge in [0.05, 0.1) is 12.1 Å². The molecular weight excluding hydrogens is 255 g/mol. The molecule has 2 rings (SSSR count). The first-order chi connectivity index (χ1) is 9.63. The number of guanidine groups is 1. The van der Waals surface area contributed by atoms with E-state index in [2.05, 4.69) is 10.4 Å². The number of hydrogen-bond donors (Lipinski definition) is 2. The van der Waals surface area contributed by atoms with E-state index >= 15 is 0 Å². The maximum absolute atomic E-state index is 13.9. The molecule has 0 spiro atoms. The standard InChI is InChI=1S/C15H23FN4/c1-11(13-9-5-6-10-14(13)16)20(2)15(19-17)18-12-7-3-4-8-12/h5-6,9-12H,3-4,7-8,17H2,1-2H3,(H,18,19). The number of nitrogens with two attached hydrogens (primary N) is 1. The molecule has 0 saturated heterocycles. The van der Waals surface area contributed by atoms with Gasteiger partial charge < -0.3 is 4.90 Å². The number of rotatable bonds is 3. The number of nitrogens with one attached hydrogen (secondary N) is 1. The van der Waals surface area contributed by atoms with Gasteiger partial charge in [-0.1, -0.05) is 31.0 Å². The number of hydrogen-bond acceptors (Lipinski definition) is 2. The predicted molar refractivity (Wildman–Crippen MR) is 79.6 cm³/mol. The van der Waals surface area contributed by atoms with Gasteiger partial charge in [0.1, 0.15) is 5.82 Å². The summed E-state index contributed by atoms with van der Waals surface area (Å²) in [6.07, 6.45) is 4.65. The maximum Gasteiger partial charge on any atom is 0.208 e. The molecule has 0 heterocycles. The molecule has 3 N–H and O–H groups in total. The van der Waals surface area contributed by atoms with E-state index in [1.807, 2.05) is 24.9 Å². The number of aliphatic imine (C=N–C) groups is 1. The van der Waals surface area contributed by atoms with Gasteiger partial charge in [-0.25, -0.2) is 15.2 Å². The molecule has 0 radical (unpaired) electrons. The van der Waals surface area contributed by atoms with Gasteiger partial charge in [0.25, 0.3) is 0 Å². The van der Waals surface area contributed by atoms with Crippen LogP contribution < -0.4 is 11.3 Å². The van der Waals surface area contributed by atoms with Crippen molar-refractivity contribution in [2.75, 3.05) is 7.05 Å². The summed E-state index contributed by atoms with van der Waals surface area (Å²) < 4.78 is 13.9. The first-order valence-electron chi connectivity index (χ1n) is 7.15. The van der Waals surface area contributed by atoms with E-state index in [4.69, 9.17) is 5.84 Å². The average molecular weight is 278 g/mol. The SMILES string of the molecule is CC(c1ccccc1F)N(C)C(=NC1CCCC1)NN. The normalized spacial score (nSPS) is 18.1. The fourth-order valence-electron chi connectivity index (χ4n) is 2.64. The van der Waals surface area contributed by atoms with Crippen molar-refractivity contribution in [3.8, 4) is 0 Å². The lowest BCUT2D eigenvalue weighted by Crippen LogP contribution is -2.44. The Morgan fingerprint density at radius 2 is 2.05 bits per heavy atom. The van der Waals surface area contributed by atoms with Crippen LogP contribution >= 0.6 is 0 Å². The summed E-state index contributed by atoms with van der Waals surface area (Å²) in [5.74, 6) is 6.00. The second kappa shape index (κ2) is 6.70. The van der Waals surface area contributed by atoms with Crippen LogP contribution in [-0.4, -0.2) is 23.9 Å². The lowest BCUT2D eigenvalue weighted by molar-refractivity contribution is 0.373. The molecule has 5 heteroatoms. The van der Waals surface area contributed by atoms with Gasteiger partial charge >= 0.3 is 0 Å². The van der Waals surface area contributed by atoms with Gasteiger partial charge in [-0.2, -0.15) is 0 Å². The molecule has 1 fully saturated rings. The zero-order chi connectivity index (χ0) is 14.5. The largest absolute Gasteiger partial charge is 0.338 e. The first-order valence-corrected chi connectivity index (χ1v) is 7.15. The molecule has 1 atom stereocenters. The maximum atomic E-state index is 13.9.